The van der Waals surface area contributed by atoms with Crippen LogP contribution >= 0.6 is 23.1 Å². The van der Waals surface area contributed by atoms with Crippen molar-refractivity contribution in [2.45, 2.75) is 32.7 Å². The van der Waals surface area contributed by atoms with Gasteiger partial charge in [0.1, 0.15) is 10.9 Å². The minimum atomic E-state index is -1.08. The monoisotopic (exact) mass is 542 g/mol. The van der Waals surface area contributed by atoms with Crippen LogP contribution in [0.25, 0.3) is 10.9 Å². The molecule has 11 nitrogen and oxygen atoms in total. The molecule has 0 bridgehead atoms. The van der Waals surface area contributed by atoms with Crippen LogP contribution in [0.5, 0.6) is 0 Å². The number of nitrogens with one attached hydrogen (secondary N) is 4. The molecule has 0 radical (unpaired) electrons. The first-order chi connectivity index (χ1) is 17.9. The van der Waals surface area contributed by atoms with Crippen molar-refractivity contribution >= 4 is 62.8 Å². The molecule has 1 aliphatic rings. The number of H-pyrrole nitrogens is 1. The third-order valence-corrected chi connectivity index (χ3v) is 7.62. The summed E-state index contributed by atoms with van der Waals surface area (Å²) < 4.78 is 5.07. The first kappa shape index (κ1) is 26.4. The molecule has 1 aliphatic heterocycles. The highest BCUT2D eigenvalue weighted by Crippen LogP contribution is 2.25. The number of fused-ring (bicyclic) bond motifs is 1. The number of aromatic nitrogens is 3. The van der Waals surface area contributed by atoms with Gasteiger partial charge in [-0.3, -0.25) is 19.5 Å². The summed E-state index contributed by atoms with van der Waals surface area (Å²) in [7, 11) is 0. The Morgan fingerprint density at radius 1 is 1.22 bits per heavy atom. The first-order valence-corrected chi connectivity index (χ1v) is 13.4. The lowest BCUT2D eigenvalue weighted by atomic mass is 10.1. The lowest BCUT2D eigenvalue weighted by Gasteiger charge is -2.17. The van der Waals surface area contributed by atoms with Gasteiger partial charge in [0.05, 0.1) is 35.3 Å². The van der Waals surface area contributed by atoms with Crippen molar-refractivity contribution in [2.24, 2.45) is 0 Å². The van der Waals surface area contributed by atoms with Gasteiger partial charge in [0.15, 0.2) is 5.13 Å². The molecule has 1 atom stereocenters. The Kier molecular flexibility index (Phi) is 8.56. The zero-order valence-corrected chi connectivity index (χ0v) is 21.9. The van der Waals surface area contributed by atoms with Gasteiger partial charge in [0.2, 0.25) is 5.91 Å². The number of hydrogen-bond donors (Lipinski definition) is 4. The molecule has 0 unspecified atom stereocenters. The highest BCUT2D eigenvalue weighted by atomic mass is 32.2. The largest absolute Gasteiger partial charge is 0.464 e. The second-order valence-corrected chi connectivity index (χ2v) is 10.2. The number of benzene rings is 1. The Hall–Kier alpha value is -3.71. The molecule has 3 heterocycles. The van der Waals surface area contributed by atoms with Crippen LogP contribution in [0.1, 0.15) is 34.3 Å². The van der Waals surface area contributed by atoms with E-state index in [-0.39, 0.29) is 41.4 Å². The van der Waals surface area contributed by atoms with Gasteiger partial charge in [-0.1, -0.05) is 29.5 Å². The van der Waals surface area contributed by atoms with Gasteiger partial charge in [-0.25, -0.2) is 9.78 Å². The Labute approximate surface area is 220 Å². The number of amides is 3. The minimum absolute atomic E-state index is 0.108. The van der Waals surface area contributed by atoms with Crippen molar-refractivity contribution < 1.29 is 23.9 Å². The standard InChI is InChI=1S/C24H26N6O5S2/c1-3-35-23(34)17(12-25-21(32)18-8-5-9-36-18)28-22(33)20-13(2)27-24(37-20)29-19(31)10-14-6-4-7-16-15(14)11-26-30-16/h4,6-8,11,17H,3,5,9-10,12H2,1-2H3,(H,25,32)(H,26,30)(H,28,33)(H,27,29,31)/t17-/m0/s1. The number of nitrogens with zero attached hydrogens (tertiary/aromatic N) is 2. The van der Waals surface area contributed by atoms with Crippen molar-refractivity contribution in [3.05, 3.63) is 51.5 Å². The maximum atomic E-state index is 13.0. The molecule has 0 fully saturated rings. The summed E-state index contributed by atoms with van der Waals surface area (Å²) in [6.45, 7) is 3.30. The topological polar surface area (TPSA) is 155 Å². The van der Waals surface area contributed by atoms with Crippen molar-refractivity contribution in [1.82, 2.24) is 25.8 Å². The summed E-state index contributed by atoms with van der Waals surface area (Å²) >= 11 is 2.44. The van der Waals surface area contributed by atoms with E-state index in [1.165, 1.54) is 11.8 Å². The number of carbonyl (C=O) groups excluding carboxylic acids is 4. The second kappa shape index (κ2) is 12.0. The van der Waals surface area contributed by atoms with Crippen LogP contribution in [0.3, 0.4) is 0 Å². The predicted octanol–water partition coefficient (Wildman–Crippen LogP) is 2.31. The number of ether oxygens (including phenoxy) is 1. The number of thiazole rings is 1. The molecular weight excluding hydrogens is 516 g/mol. The molecular formula is C24H26N6O5S2. The molecule has 3 aromatic rings. The molecule has 4 rings (SSSR count). The molecule has 13 heteroatoms. The van der Waals surface area contributed by atoms with Gasteiger partial charge < -0.3 is 20.7 Å². The number of allylic oxidation sites excluding steroid dienone is 1. The van der Waals surface area contributed by atoms with E-state index in [9.17, 15) is 19.2 Å². The normalized spacial score (nSPS) is 13.6. The van der Waals surface area contributed by atoms with E-state index in [0.29, 0.717) is 10.6 Å². The fraction of sp³-hybridized carbons (Fsp3) is 0.333. The predicted molar refractivity (Wildman–Crippen MR) is 141 cm³/mol. The zero-order chi connectivity index (χ0) is 26.4. The molecule has 1 aromatic carbocycles. The van der Waals surface area contributed by atoms with E-state index >= 15 is 0 Å². The van der Waals surface area contributed by atoms with Crippen molar-refractivity contribution in [2.75, 3.05) is 24.2 Å². The quantitative estimate of drug-likeness (QED) is 0.285. The Morgan fingerprint density at radius 3 is 2.81 bits per heavy atom. The zero-order valence-electron chi connectivity index (χ0n) is 20.3. The van der Waals surface area contributed by atoms with Crippen LogP contribution in [0.4, 0.5) is 5.13 Å². The van der Waals surface area contributed by atoms with E-state index < -0.39 is 17.9 Å². The number of hydrogen-bond acceptors (Lipinski definition) is 9. The van der Waals surface area contributed by atoms with Gasteiger partial charge in [-0.2, -0.15) is 5.10 Å². The third kappa shape index (κ3) is 6.54. The maximum Gasteiger partial charge on any atom is 0.330 e. The Bertz CT molecular complexity index is 1360. The summed E-state index contributed by atoms with van der Waals surface area (Å²) in [5.41, 5.74) is 2.04. The van der Waals surface area contributed by atoms with Crippen LogP contribution < -0.4 is 16.0 Å². The number of carbonyl (C=O) groups is 4. The number of rotatable bonds is 10. The number of esters is 1. The average Bonchev–Trinajstić information content (AvgIpc) is 3.63. The van der Waals surface area contributed by atoms with E-state index in [1.54, 1.807) is 20.0 Å². The summed E-state index contributed by atoms with van der Waals surface area (Å²) in [4.78, 5) is 55.5. The molecule has 37 heavy (non-hydrogen) atoms. The average molecular weight is 543 g/mol. The molecule has 4 N–H and O–H groups in total. The van der Waals surface area contributed by atoms with Crippen molar-refractivity contribution in [3.8, 4) is 0 Å². The van der Waals surface area contributed by atoms with Gasteiger partial charge in [0, 0.05) is 17.7 Å². The lowest BCUT2D eigenvalue weighted by Crippen LogP contribution is -2.49. The van der Waals surface area contributed by atoms with Crippen LogP contribution in [0.15, 0.2) is 35.4 Å². The van der Waals surface area contributed by atoms with Gasteiger partial charge in [0.25, 0.3) is 11.8 Å². The Balaban J connectivity index is 1.39. The van der Waals surface area contributed by atoms with Crippen LogP contribution in [0, 0.1) is 6.92 Å². The number of thioether (sulfide) groups is 1. The summed E-state index contributed by atoms with van der Waals surface area (Å²) in [6, 6.07) is 4.47. The van der Waals surface area contributed by atoms with Crippen molar-refractivity contribution in [1.29, 1.82) is 0 Å². The number of aromatic amines is 1. The van der Waals surface area contributed by atoms with Gasteiger partial charge >= 0.3 is 5.97 Å². The fourth-order valence-corrected chi connectivity index (χ4v) is 5.48. The molecule has 0 spiro atoms. The van der Waals surface area contributed by atoms with Gasteiger partial charge in [-0.05, 0) is 31.9 Å². The van der Waals surface area contributed by atoms with Crippen molar-refractivity contribution in [3.63, 3.8) is 0 Å². The minimum Gasteiger partial charge on any atom is -0.464 e. The first-order valence-electron chi connectivity index (χ1n) is 11.6. The maximum absolute atomic E-state index is 13.0. The fourth-order valence-electron chi connectivity index (χ4n) is 3.70. The Morgan fingerprint density at radius 2 is 2.05 bits per heavy atom. The number of aryl methyl sites for hydroxylation is 1. The SMILES string of the molecule is CCOC(=O)[C@H](CNC(=O)C1=CCCS1)NC(=O)c1sc(NC(=O)Cc2cccc3[nH]ncc23)nc1C. The van der Waals surface area contributed by atoms with Crippen LogP contribution in [-0.2, 0) is 25.5 Å². The van der Waals surface area contributed by atoms with E-state index in [2.05, 4.69) is 31.1 Å². The van der Waals surface area contributed by atoms with Crippen LogP contribution in [-0.4, -0.2) is 63.8 Å². The van der Waals surface area contributed by atoms with E-state index in [4.69, 9.17) is 4.74 Å². The highest BCUT2D eigenvalue weighted by molar-refractivity contribution is 8.04. The molecule has 0 saturated carbocycles. The lowest BCUT2D eigenvalue weighted by molar-refractivity contribution is -0.145. The summed E-state index contributed by atoms with van der Waals surface area (Å²) in [6.07, 6.45) is 4.42. The molecule has 2 aromatic heterocycles. The molecule has 194 valence electrons. The smallest absolute Gasteiger partial charge is 0.330 e. The molecule has 3 amide bonds. The highest BCUT2D eigenvalue weighted by Gasteiger charge is 2.27. The van der Waals surface area contributed by atoms with Crippen LogP contribution in [0.2, 0.25) is 0 Å². The van der Waals surface area contributed by atoms with E-state index in [1.807, 2.05) is 24.3 Å². The van der Waals surface area contributed by atoms with E-state index in [0.717, 1.165) is 40.0 Å². The molecule has 0 saturated heterocycles. The molecule has 0 aliphatic carbocycles. The third-order valence-electron chi connectivity index (χ3n) is 5.45. The summed E-state index contributed by atoms with van der Waals surface area (Å²) in [5, 5.41) is 16.0. The summed E-state index contributed by atoms with van der Waals surface area (Å²) in [5.74, 6) is -0.964. The number of anilines is 1. The van der Waals surface area contributed by atoms with Gasteiger partial charge in [-0.15, -0.1) is 11.8 Å². The second-order valence-electron chi connectivity index (χ2n) is 8.10.